The quantitative estimate of drug-likeness (QED) is 0.699. The van der Waals surface area contributed by atoms with Crippen molar-refractivity contribution in [1.82, 2.24) is 19.0 Å². The molecule has 1 aliphatic heterocycles. The monoisotopic (exact) mass is 428 g/mol. The number of sulfonamides is 1. The van der Waals surface area contributed by atoms with Gasteiger partial charge in [-0.1, -0.05) is 23.2 Å². The molecule has 1 aliphatic rings. The van der Waals surface area contributed by atoms with Crippen LogP contribution in [0.2, 0.25) is 10.0 Å². The Morgan fingerprint density at radius 1 is 1.15 bits per heavy atom. The number of hydrogen-bond donors (Lipinski definition) is 0. The first-order valence-corrected chi connectivity index (χ1v) is 10.4. The fourth-order valence-electron chi connectivity index (χ4n) is 2.73. The van der Waals surface area contributed by atoms with Gasteiger partial charge in [0.15, 0.2) is 0 Å². The highest BCUT2D eigenvalue weighted by Crippen LogP contribution is 2.27. The van der Waals surface area contributed by atoms with Crippen LogP contribution in [-0.2, 0) is 21.9 Å². The van der Waals surface area contributed by atoms with Crippen LogP contribution in [0.15, 0.2) is 41.6 Å². The number of halogens is 2. The van der Waals surface area contributed by atoms with Crippen LogP contribution in [0.4, 0.5) is 0 Å². The number of benzene rings is 1. The molecule has 2 aromatic rings. The van der Waals surface area contributed by atoms with Crippen LogP contribution in [0.5, 0.6) is 0 Å². The molecule has 0 saturated carbocycles. The van der Waals surface area contributed by atoms with Crippen molar-refractivity contribution in [3.8, 4) is 0 Å². The van der Waals surface area contributed by atoms with E-state index in [-0.39, 0.29) is 28.9 Å². The summed E-state index contributed by atoms with van der Waals surface area (Å²) in [7, 11) is -1.88. The van der Waals surface area contributed by atoms with Gasteiger partial charge in [0, 0.05) is 51.1 Å². The van der Waals surface area contributed by atoms with Gasteiger partial charge in [-0.3, -0.25) is 9.48 Å². The van der Waals surface area contributed by atoms with Crippen LogP contribution in [0, 0.1) is 0 Å². The molecule has 3 rings (SSSR count). The lowest BCUT2D eigenvalue weighted by atomic mass is 10.3. The molecule has 0 bridgehead atoms. The number of rotatable bonds is 4. The molecule has 1 aromatic carbocycles. The molecule has 1 fully saturated rings. The van der Waals surface area contributed by atoms with E-state index in [0.29, 0.717) is 18.1 Å². The van der Waals surface area contributed by atoms with Gasteiger partial charge in [-0.2, -0.15) is 9.40 Å². The number of nitrogens with zero attached hydrogens (tertiary/aromatic N) is 4. The van der Waals surface area contributed by atoms with Gasteiger partial charge in [0.05, 0.1) is 21.1 Å². The molecule has 0 spiro atoms. The Morgan fingerprint density at radius 2 is 1.85 bits per heavy atom. The molecule has 2 heterocycles. The molecule has 27 heavy (non-hydrogen) atoms. The van der Waals surface area contributed by atoms with Gasteiger partial charge in [0.2, 0.25) is 15.9 Å². The summed E-state index contributed by atoms with van der Waals surface area (Å²) >= 11 is 11.8. The fourth-order valence-corrected chi connectivity index (χ4v) is 4.55. The average Bonchev–Trinajstić information content (AvgIpc) is 3.07. The van der Waals surface area contributed by atoms with Crippen molar-refractivity contribution in [3.05, 3.63) is 52.3 Å². The van der Waals surface area contributed by atoms with Gasteiger partial charge < -0.3 is 4.90 Å². The Balaban J connectivity index is 1.63. The van der Waals surface area contributed by atoms with E-state index in [9.17, 15) is 13.2 Å². The Hall–Kier alpha value is -1.87. The molecule has 0 N–H and O–H groups in total. The summed E-state index contributed by atoms with van der Waals surface area (Å²) in [5, 5.41) is 4.52. The SMILES string of the molecule is Cn1cc(/C=C/C(=O)N2CCN(S(=O)(=O)c3ccc(Cl)c(Cl)c3)CC2)cn1. The number of amides is 1. The average molecular weight is 429 g/mol. The van der Waals surface area contributed by atoms with Crippen molar-refractivity contribution in [2.24, 2.45) is 7.05 Å². The summed E-state index contributed by atoms with van der Waals surface area (Å²) in [5.41, 5.74) is 0.826. The Bertz CT molecular complexity index is 980. The minimum Gasteiger partial charge on any atom is -0.337 e. The maximum atomic E-state index is 12.7. The second kappa shape index (κ2) is 8.02. The van der Waals surface area contributed by atoms with E-state index in [0.717, 1.165) is 5.56 Å². The summed E-state index contributed by atoms with van der Waals surface area (Å²) in [6.07, 6.45) is 6.62. The third-order valence-electron chi connectivity index (χ3n) is 4.22. The molecule has 1 saturated heterocycles. The minimum atomic E-state index is -3.68. The summed E-state index contributed by atoms with van der Waals surface area (Å²) in [5.74, 6) is -0.162. The van der Waals surface area contributed by atoms with Crippen LogP contribution >= 0.6 is 23.2 Å². The van der Waals surface area contributed by atoms with Crippen LogP contribution in [0.3, 0.4) is 0 Å². The molecule has 1 amide bonds. The first-order valence-electron chi connectivity index (χ1n) is 8.18. The molecule has 7 nitrogen and oxygen atoms in total. The second-order valence-electron chi connectivity index (χ2n) is 6.09. The molecular formula is C17H18Cl2N4O3S. The first kappa shape index (κ1) is 19.9. The summed E-state index contributed by atoms with van der Waals surface area (Å²) in [6.45, 7) is 1.07. The van der Waals surface area contributed by atoms with Crippen LogP contribution in [0.1, 0.15) is 5.56 Å². The number of aromatic nitrogens is 2. The number of carbonyl (C=O) groups excluding carboxylic acids is 1. The first-order chi connectivity index (χ1) is 12.8. The van der Waals surface area contributed by atoms with Crippen molar-refractivity contribution in [3.63, 3.8) is 0 Å². The number of hydrogen-bond acceptors (Lipinski definition) is 4. The third kappa shape index (κ3) is 4.52. The highest BCUT2D eigenvalue weighted by atomic mass is 35.5. The van der Waals surface area contributed by atoms with Crippen molar-refractivity contribution in [2.75, 3.05) is 26.2 Å². The maximum Gasteiger partial charge on any atom is 0.246 e. The Morgan fingerprint density at radius 3 is 2.44 bits per heavy atom. The van der Waals surface area contributed by atoms with Crippen molar-refractivity contribution in [2.45, 2.75) is 4.90 Å². The summed E-state index contributed by atoms with van der Waals surface area (Å²) in [4.78, 5) is 14.0. The smallest absolute Gasteiger partial charge is 0.246 e. The molecular weight excluding hydrogens is 411 g/mol. The lowest BCUT2D eigenvalue weighted by Gasteiger charge is -2.33. The maximum absolute atomic E-state index is 12.7. The van der Waals surface area contributed by atoms with Crippen LogP contribution < -0.4 is 0 Å². The van der Waals surface area contributed by atoms with Crippen LogP contribution in [-0.4, -0.2) is 59.5 Å². The lowest BCUT2D eigenvalue weighted by molar-refractivity contribution is -0.127. The molecule has 0 unspecified atom stereocenters. The van der Waals surface area contributed by atoms with Gasteiger partial charge in [-0.15, -0.1) is 0 Å². The molecule has 0 radical (unpaired) electrons. The van der Waals surface area contributed by atoms with E-state index in [2.05, 4.69) is 5.10 Å². The highest BCUT2D eigenvalue weighted by molar-refractivity contribution is 7.89. The van der Waals surface area contributed by atoms with Gasteiger partial charge in [0.1, 0.15) is 0 Å². The molecule has 144 valence electrons. The van der Waals surface area contributed by atoms with Gasteiger partial charge in [-0.25, -0.2) is 8.42 Å². The summed E-state index contributed by atoms with van der Waals surface area (Å²) < 4.78 is 28.5. The molecule has 0 aliphatic carbocycles. The summed E-state index contributed by atoms with van der Waals surface area (Å²) in [6, 6.07) is 4.23. The predicted molar refractivity (Wildman–Crippen MR) is 104 cm³/mol. The topological polar surface area (TPSA) is 75.5 Å². The Labute approximate surface area is 167 Å². The second-order valence-corrected chi connectivity index (χ2v) is 8.84. The Kier molecular flexibility index (Phi) is 5.90. The van der Waals surface area contributed by atoms with E-state index in [1.165, 1.54) is 28.6 Å². The highest BCUT2D eigenvalue weighted by Gasteiger charge is 2.29. The van der Waals surface area contributed by atoms with Crippen molar-refractivity contribution < 1.29 is 13.2 Å². The number of piperazine rings is 1. The fraction of sp³-hybridized carbons (Fsp3) is 0.294. The van der Waals surface area contributed by atoms with Gasteiger partial charge in [0.25, 0.3) is 0 Å². The largest absolute Gasteiger partial charge is 0.337 e. The van der Waals surface area contributed by atoms with E-state index in [1.807, 2.05) is 0 Å². The van der Waals surface area contributed by atoms with E-state index >= 15 is 0 Å². The van der Waals surface area contributed by atoms with Gasteiger partial charge in [-0.05, 0) is 24.3 Å². The van der Waals surface area contributed by atoms with Gasteiger partial charge >= 0.3 is 0 Å². The van der Waals surface area contributed by atoms with Crippen molar-refractivity contribution >= 4 is 45.2 Å². The number of carbonyl (C=O) groups is 1. The zero-order chi connectivity index (χ0) is 19.6. The minimum absolute atomic E-state index is 0.0909. The third-order valence-corrected chi connectivity index (χ3v) is 6.86. The molecule has 10 heteroatoms. The molecule has 1 aromatic heterocycles. The number of aryl methyl sites for hydroxylation is 1. The van der Waals surface area contributed by atoms with Crippen LogP contribution in [0.25, 0.3) is 6.08 Å². The predicted octanol–water partition coefficient (Wildman–Crippen LogP) is 2.27. The zero-order valence-corrected chi connectivity index (χ0v) is 16.9. The van der Waals surface area contributed by atoms with E-state index in [4.69, 9.17) is 23.2 Å². The van der Waals surface area contributed by atoms with E-state index < -0.39 is 10.0 Å². The lowest BCUT2D eigenvalue weighted by Crippen LogP contribution is -2.50. The normalized spacial score (nSPS) is 16.2. The standard InChI is InChI=1S/C17H18Cl2N4O3S/c1-21-12-13(11-20-21)2-5-17(24)22-6-8-23(9-7-22)27(25,26)14-3-4-15(18)16(19)10-14/h2-5,10-12H,6-9H2,1H3/b5-2+. The van der Waals surface area contributed by atoms with Crippen molar-refractivity contribution in [1.29, 1.82) is 0 Å². The molecule has 0 atom stereocenters. The zero-order valence-electron chi connectivity index (χ0n) is 14.5. The van der Waals surface area contributed by atoms with E-state index in [1.54, 1.807) is 35.1 Å².